The lowest BCUT2D eigenvalue weighted by Gasteiger charge is -2.36. The van der Waals surface area contributed by atoms with E-state index in [1.807, 2.05) is 20.8 Å². The van der Waals surface area contributed by atoms with Gasteiger partial charge in [0.15, 0.2) is 0 Å². The Hall–Kier alpha value is -2.52. The number of piperidine rings is 1. The zero-order valence-electron chi connectivity index (χ0n) is 22.1. The number of rotatable bonds is 8. The summed E-state index contributed by atoms with van der Waals surface area (Å²) in [5.41, 5.74) is -0.789. The number of carbonyl (C=O) groups excluding carboxylic acids is 3. The molecular formula is C24H38N6O5S. The van der Waals surface area contributed by atoms with Crippen LogP contribution >= 0.6 is 0 Å². The summed E-state index contributed by atoms with van der Waals surface area (Å²) in [5.74, 6) is -2.06. The molecule has 0 aromatic rings. The molecule has 2 unspecified atom stereocenters. The van der Waals surface area contributed by atoms with Crippen LogP contribution in [-0.2, 0) is 24.6 Å². The van der Waals surface area contributed by atoms with Gasteiger partial charge in [0, 0.05) is 39.3 Å². The number of nitrogens with one attached hydrogen (secondary N) is 2. The van der Waals surface area contributed by atoms with Gasteiger partial charge < -0.3 is 15.5 Å². The van der Waals surface area contributed by atoms with Crippen molar-refractivity contribution >= 4 is 34.1 Å². The molecule has 11 nitrogen and oxygen atoms in total. The first-order valence-corrected chi connectivity index (χ1v) is 13.7. The van der Waals surface area contributed by atoms with Crippen molar-refractivity contribution in [2.45, 2.75) is 59.5 Å². The number of hydrogen-bond acceptors (Lipinski definition) is 6. The predicted molar refractivity (Wildman–Crippen MR) is 134 cm³/mol. The summed E-state index contributed by atoms with van der Waals surface area (Å²) in [6, 6.07) is 0.448. The Bertz CT molecular complexity index is 1090. The van der Waals surface area contributed by atoms with E-state index < -0.39 is 39.5 Å². The van der Waals surface area contributed by atoms with Gasteiger partial charge in [-0.3, -0.25) is 14.4 Å². The highest BCUT2D eigenvalue weighted by atomic mass is 32.2. The molecular weight excluding hydrogens is 484 g/mol. The number of carbonyl (C=O) groups is 3. The van der Waals surface area contributed by atoms with E-state index in [0.717, 1.165) is 4.31 Å². The number of nitrogens with zero attached hydrogens (tertiary/aromatic N) is 4. The summed E-state index contributed by atoms with van der Waals surface area (Å²) in [7, 11) is -1.19. The lowest BCUT2D eigenvalue weighted by Crippen LogP contribution is -2.54. The Balaban J connectivity index is 1.84. The van der Waals surface area contributed by atoms with Crippen molar-refractivity contribution in [1.29, 1.82) is 5.26 Å². The fraction of sp³-hybridized carbons (Fsp3) is 0.792. The summed E-state index contributed by atoms with van der Waals surface area (Å²) in [6.45, 7) is 10.5. The van der Waals surface area contributed by atoms with E-state index in [-0.39, 0.29) is 41.4 Å². The molecule has 0 bridgehead atoms. The fourth-order valence-electron chi connectivity index (χ4n) is 5.44. The smallest absolute Gasteiger partial charge is 0.321 e. The van der Waals surface area contributed by atoms with Crippen LogP contribution in [0.15, 0.2) is 4.40 Å². The largest absolute Gasteiger partial charge is 0.356 e. The van der Waals surface area contributed by atoms with Crippen LogP contribution in [0.5, 0.6) is 0 Å². The van der Waals surface area contributed by atoms with Gasteiger partial charge in [-0.05, 0) is 35.5 Å². The third-order valence-corrected chi connectivity index (χ3v) is 9.23. The quantitative estimate of drug-likeness (QED) is 0.444. The van der Waals surface area contributed by atoms with Crippen molar-refractivity contribution in [3.8, 4) is 6.07 Å². The number of fused-ring (bicyclic) bond motifs is 1. The fourth-order valence-corrected chi connectivity index (χ4v) is 5.90. The average Bonchev–Trinajstić information content (AvgIpc) is 3.10. The van der Waals surface area contributed by atoms with Gasteiger partial charge in [0.2, 0.25) is 17.7 Å². The molecule has 3 rings (SSSR count). The highest BCUT2D eigenvalue weighted by molar-refractivity contribution is 7.87. The highest BCUT2D eigenvalue weighted by Crippen LogP contribution is 2.65. The molecule has 3 aliphatic rings. The molecule has 2 saturated heterocycles. The average molecular weight is 523 g/mol. The molecule has 0 spiro atoms. The SMILES string of the molecule is CN(C)S(=O)(=O)/N=C/C(C(=O)N1C[C@H]2C([C@H]1C(=O)N[C@H](C#N)C[C@@H]1CCNC1=O)C2(C)C)C(C)(C)C. The van der Waals surface area contributed by atoms with Crippen LogP contribution in [0.1, 0.15) is 47.5 Å². The van der Waals surface area contributed by atoms with Crippen molar-refractivity contribution in [2.75, 3.05) is 27.2 Å². The molecule has 2 heterocycles. The van der Waals surface area contributed by atoms with Crippen LogP contribution in [-0.4, -0.2) is 80.8 Å². The van der Waals surface area contributed by atoms with E-state index in [2.05, 4.69) is 34.9 Å². The molecule has 0 aromatic carbocycles. The maximum absolute atomic E-state index is 13.8. The maximum Gasteiger partial charge on any atom is 0.321 e. The van der Waals surface area contributed by atoms with Gasteiger partial charge in [0.1, 0.15) is 12.1 Å². The first-order valence-electron chi connectivity index (χ1n) is 12.3. The molecule has 36 heavy (non-hydrogen) atoms. The summed E-state index contributed by atoms with van der Waals surface area (Å²) in [4.78, 5) is 40.7. The Kier molecular flexibility index (Phi) is 7.59. The second kappa shape index (κ2) is 9.74. The minimum Gasteiger partial charge on any atom is -0.356 e. The van der Waals surface area contributed by atoms with Crippen molar-refractivity contribution in [1.82, 2.24) is 19.8 Å². The molecule has 12 heteroatoms. The van der Waals surface area contributed by atoms with E-state index in [0.29, 0.717) is 19.5 Å². The first-order chi connectivity index (χ1) is 16.5. The second-order valence-electron chi connectivity index (χ2n) is 12.0. The van der Waals surface area contributed by atoms with Crippen LogP contribution in [0, 0.1) is 45.8 Å². The van der Waals surface area contributed by atoms with Gasteiger partial charge in [-0.15, -0.1) is 0 Å². The van der Waals surface area contributed by atoms with Gasteiger partial charge in [0.25, 0.3) is 0 Å². The molecule has 200 valence electrons. The summed E-state index contributed by atoms with van der Waals surface area (Å²) < 4.78 is 29.1. The molecule has 6 atom stereocenters. The van der Waals surface area contributed by atoms with Gasteiger partial charge >= 0.3 is 10.2 Å². The Morgan fingerprint density at radius 2 is 2.00 bits per heavy atom. The van der Waals surface area contributed by atoms with Crippen LogP contribution in [0.2, 0.25) is 0 Å². The topological polar surface area (TPSA) is 152 Å². The van der Waals surface area contributed by atoms with Gasteiger partial charge in [0.05, 0.1) is 12.0 Å². The monoisotopic (exact) mass is 522 g/mol. The molecule has 3 amide bonds. The number of nitriles is 1. The highest BCUT2D eigenvalue weighted by Gasteiger charge is 2.69. The molecule has 2 N–H and O–H groups in total. The number of hydrogen-bond donors (Lipinski definition) is 2. The third-order valence-electron chi connectivity index (χ3n) is 7.92. The third kappa shape index (κ3) is 5.42. The van der Waals surface area contributed by atoms with Crippen molar-refractivity contribution in [3.63, 3.8) is 0 Å². The maximum atomic E-state index is 13.8. The lowest BCUT2D eigenvalue weighted by molar-refractivity contribution is -0.144. The van der Waals surface area contributed by atoms with E-state index >= 15 is 0 Å². The number of likely N-dealkylation sites (tertiary alicyclic amines) is 1. The van der Waals surface area contributed by atoms with Gasteiger partial charge in [-0.1, -0.05) is 34.6 Å². The van der Waals surface area contributed by atoms with E-state index in [1.54, 1.807) is 0 Å². The lowest BCUT2D eigenvalue weighted by atomic mass is 9.80. The van der Waals surface area contributed by atoms with Crippen LogP contribution in [0.25, 0.3) is 0 Å². The van der Waals surface area contributed by atoms with Crippen molar-refractivity contribution < 1.29 is 22.8 Å². The van der Waals surface area contributed by atoms with Crippen LogP contribution in [0.4, 0.5) is 0 Å². The molecule has 0 aromatic heterocycles. The van der Waals surface area contributed by atoms with E-state index in [1.165, 1.54) is 25.2 Å². The molecule has 0 radical (unpaired) electrons. The van der Waals surface area contributed by atoms with Crippen LogP contribution in [0.3, 0.4) is 0 Å². The zero-order valence-corrected chi connectivity index (χ0v) is 22.9. The Morgan fingerprint density at radius 3 is 2.50 bits per heavy atom. The predicted octanol–water partition coefficient (Wildman–Crippen LogP) is 0.543. The van der Waals surface area contributed by atoms with E-state index in [4.69, 9.17) is 0 Å². The second-order valence-corrected chi connectivity index (χ2v) is 13.8. The van der Waals surface area contributed by atoms with Gasteiger partial charge in [-0.25, -0.2) is 0 Å². The standard InChI is InChI=1S/C24H38N6O5S/c1-23(2,3)16(12-27-36(34,35)29(6)7)22(33)30-13-17-18(24(17,4)5)19(30)21(32)28-15(11-25)10-14-8-9-26-20(14)31/h12,14-19H,8-10,13H2,1-7H3,(H,26,31)(H,28,32)/b27-12+/t14-,15-,16?,17-,18?,19-/m0/s1. The zero-order chi connectivity index (χ0) is 27.2. The molecule has 3 fully saturated rings. The number of amides is 3. The minimum atomic E-state index is -3.91. The molecule has 1 saturated carbocycles. The van der Waals surface area contributed by atoms with E-state index in [9.17, 15) is 28.1 Å². The Morgan fingerprint density at radius 1 is 1.36 bits per heavy atom. The molecule has 2 aliphatic heterocycles. The van der Waals surface area contributed by atoms with Crippen molar-refractivity contribution in [3.05, 3.63) is 0 Å². The summed E-state index contributed by atoms with van der Waals surface area (Å²) in [5, 5.41) is 15.2. The van der Waals surface area contributed by atoms with Gasteiger partial charge in [-0.2, -0.15) is 22.4 Å². The normalized spacial score (nSPS) is 29.0. The molecule has 1 aliphatic carbocycles. The minimum absolute atomic E-state index is 0.0707. The van der Waals surface area contributed by atoms with Crippen LogP contribution < -0.4 is 10.6 Å². The first kappa shape index (κ1) is 28.1. The summed E-state index contributed by atoms with van der Waals surface area (Å²) >= 11 is 0. The Labute approximate surface area is 213 Å². The van der Waals surface area contributed by atoms with Crippen molar-refractivity contribution in [2.24, 2.45) is 38.9 Å². The summed E-state index contributed by atoms with van der Waals surface area (Å²) in [6.07, 6.45) is 1.99.